The first kappa shape index (κ1) is 16.0. The molecule has 1 aromatic carbocycles. The maximum atomic E-state index is 5.73. The van der Waals surface area contributed by atoms with Gasteiger partial charge in [-0.1, -0.05) is 61.0 Å². The third-order valence-corrected chi connectivity index (χ3v) is 6.04. The van der Waals surface area contributed by atoms with Crippen LogP contribution in [0.15, 0.2) is 24.3 Å². The van der Waals surface area contributed by atoms with Gasteiger partial charge < -0.3 is 4.74 Å². The minimum absolute atomic E-state index is 0.121. The zero-order valence-electron chi connectivity index (χ0n) is 13.2. The summed E-state index contributed by atoms with van der Waals surface area (Å²) in [7, 11) is 1.85. The van der Waals surface area contributed by atoms with Crippen molar-refractivity contribution >= 4 is 15.9 Å². The molecule has 1 atom stereocenters. The van der Waals surface area contributed by atoms with E-state index in [9.17, 15) is 0 Å². The van der Waals surface area contributed by atoms with Gasteiger partial charge in [0.05, 0.1) is 5.60 Å². The van der Waals surface area contributed by atoms with Gasteiger partial charge in [-0.2, -0.15) is 0 Å². The van der Waals surface area contributed by atoms with Crippen LogP contribution in [0.5, 0.6) is 0 Å². The Kier molecular flexibility index (Phi) is 4.96. The maximum absolute atomic E-state index is 5.73. The molecule has 2 heteroatoms. The molecule has 0 aliphatic heterocycles. The Balaban J connectivity index is 2.06. The Bertz CT molecular complexity index is 426. The minimum atomic E-state index is 0.121. The van der Waals surface area contributed by atoms with Crippen molar-refractivity contribution in [2.45, 2.75) is 68.7 Å². The Morgan fingerprint density at radius 1 is 1.25 bits per heavy atom. The maximum Gasteiger partial charge on any atom is 0.0692 e. The van der Waals surface area contributed by atoms with Crippen molar-refractivity contribution in [3.05, 3.63) is 35.4 Å². The summed E-state index contributed by atoms with van der Waals surface area (Å²) < 4.78 is 5.73. The molecular formula is C18H27BrO. The lowest BCUT2D eigenvalue weighted by Crippen LogP contribution is -2.39. The highest BCUT2D eigenvalue weighted by Gasteiger charge is 2.38. The largest absolute Gasteiger partial charge is 0.378 e. The number of rotatable bonds is 6. The van der Waals surface area contributed by atoms with Gasteiger partial charge in [0.15, 0.2) is 0 Å². The van der Waals surface area contributed by atoms with E-state index >= 15 is 0 Å². The average molecular weight is 339 g/mol. The highest BCUT2D eigenvalue weighted by atomic mass is 79.9. The summed E-state index contributed by atoms with van der Waals surface area (Å²) in [4.78, 5) is 0.390. The number of hydrogen-bond donors (Lipinski definition) is 0. The summed E-state index contributed by atoms with van der Waals surface area (Å²) in [5.74, 6) is 0. The summed E-state index contributed by atoms with van der Waals surface area (Å²) in [5.41, 5.74) is 3.18. The van der Waals surface area contributed by atoms with Gasteiger partial charge in [0.2, 0.25) is 0 Å². The van der Waals surface area contributed by atoms with Gasteiger partial charge in [-0.15, -0.1) is 0 Å². The molecule has 1 aliphatic rings. The van der Waals surface area contributed by atoms with Crippen LogP contribution < -0.4 is 0 Å². The normalized spacial score (nSPS) is 19.4. The molecule has 0 amide bonds. The van der Waals surface area contributed by atoms with Gasteiger partial charge in [0.25, 0.3) is 0 Å². The van der Waals surface area contributed by atoms with Crippen LogP contribution >= 0.6 is 15.9 Å². The zero-order chi connectivity index (χ0) is 14.8. The predicted molar refractivity (Wildman–Crippen MR) is 89.6 cm³/mol. The van der Waals surface area contributed by atoms with Crippen LogP contribution in [0.3, 0.4) is 0 Å². The molecule has 1 nitrogen and oxygen atoms in total. The summed E-state index contributed by atoms with van der Waals surface area (Å²) in [5, 5.41) is 0. The minimum Gasteiger partial charge on any atom is -0.378 e. The van der Waals surface area contributed by atoms with Crippen LogP contribution in [0, 0.1) is 0 Å². The number of alkyl halides is 1. The highest BCUT2D eigenvalue weighted by Crippen LogP contribution is 2.44. The lowest BCUT2D eigenvalue weighted by atomic mass is 9.76. The lowest BCUT2D eigenvalue weighted by molar-refractivity contribution is -0.0773. The molecular weight excluding hydrogens is 312 g/mol. The first-order chi connectivity index (χ1) is 9.42. The molecule has 1 saturated carbocycles. The summed E-state index contributed by atoms with van der Waals surface area (Å²) in [6, 6.07) is 9.11. The van der Waals surface area contributed by atoms with Crippen molar-refractivity contribution in [1.29, 1.82) is 0 Å². The van der Waals surface area contributed by atoms with Crippen molar-refractivity contribution in [2.24, 2.45) is 0 Å². The van der Waals surface area contributed by atoms with Gasteiger partial charge in [0, 0.05) is 11.9 Å². The van der Waals surface area contributed by atoms with E-state index in [-0.39, 0.29) is 11.0 Å². The van der Waals surface area contributed by atoms with Gasteiger partial charge in [-0.25, -0.2) is 0 Å². The Labute approximate surface area is 132 Å². The first-order valence-corrected chi connectivity index (χ1v) is 8.64. The molecule has 0 spiro atoms. The van der Waals surface area contributed by atoms with Crippen molar-refractivity contribution in [3.63, 3.8) is 0 Å². The van der Waals surface area contributed by atoms with Gasteiger partial charge >= 0.3 is 0 Å². The van der Waals surface area contributed by atoms with Crippen LogP contribution in [0.4, 0.5) is 0 Å². The third kappa shape index (κ3) is 3.28. The van der Waals surface area contributed by atoms with E-state index in [2.05, 4.69) is 61.0 Å². The SMILES string of the molecule is CCC(C)(C)c1ccc(C(Br)CC2(OC)CCC2)cc1. The van der Waals surface area contributed by atoms with Crippen LogP contribution in [0.25, 0.3) is 0 Å². The van der Waals surface area contributed by atoms with Gasteiger partial charge in [-0.3, -0.25) is 0 Å². The molecule has 1 unspecified atom stereocenters. The lowest BCUT2D eigenvalue weighted by Gasteiger charge is -2.42. The summed E-state index contributed by atoms with van der Waals surface area (Å²) in [6.07, 6.45) is 5.94. The van der Waals surface area contributed by atoms with Crippen molar-refractivity contribution < 1.29 is 4.74 Å². The van der Waals surface area contributed by atoms with Crippen LogP contribution in [-0.4, -0.2) is 12.7 Å². The average Bonchev–Trinajstić information content (AvgIpc) is 2.42. The summed E-state index contributed by atoms with van der Waals surface area (Å²) >= 11 is 3.85. The molecule has 0 saturated heterocycles. The second kappa shape index (κ2) is 6.19. The predicted octanol–water partition coefficient (Wildman–Crippen LogP) is 5.77. The summed E-state index contributed by atoms with van der Waals surface area (Å²) in [6.45, 7) is 6.87. The van der Waals surface area contributed by atoms with Gasteiger partial charge in [0.1, 0.15) is 0 Å². The third-order valence-electron chi connectivity index (χ3n) is 5.19. The second-order valence-corrected chi connectivity index (χ2v) is 7.88. The molecule has 1 aromatic rings. The molecule has 2 rings (SSSR count). The molecule has 0 aromatic heterocycles. The molecule has 1 fully saturated rings. The van der Waals surface area contributed by atoms with Crippen molar-refractivity contribution in [1.82, 2.24) is 0 Å². The molecule has 0 bridgehead atoms. The topological polar surface area (TPSA) is 9.23 Å². The van der Waals surface area contributed by atoms with Crippen molar-refractivity contribution in [2.75, 3.05) is 7.11 Å². The Morgan fingerprint density at radius 3 is 2.25 bits per heavy atom. The fourth-order valence-electron chi connectivity index (χ4n) is 2.85. The van der Waals surface area contributed by atoms with Crippen LogP contribution in [0.1, 0.15) is 68.8 Å². The highest BCUT2D eigenvalue weighted by molar-refractivity contribution is 9.09. The molecule has 0 radical (unpaired) electrons. The quantitative estimate of drug-likeness (QED) is 0.598. The smallest absolute Gasteiger partial charge is 0.0692 e. The number of methoxy groups -OCH3 is 1. The van der Waals surface area contributed by atoms with E-state index in [0.717, 1.165) is 12.8 Å². The Morgan fingerprint density at radius 2 is 1.85 bits per heavy atom. The fraction of sp³-hybridized carbons (Fsp3) is 0.667. The van der Waals surface area contributed by atoms with E-state index in [1.165, 1.54) is 30.4 Å². The molecule has 0 heterocycles. The van der Waals surface area contributed by atoms with E-state index < -0.39 is 0 Å². The first-order valence-electron chi connectivity index (χ1n) is 7.72. The van der Waals surface area contributed by atoms with E-state index in [1.807, 2.05) is 7.11 Å². The molecule has 112 valence electrons. The molecule has 0 N–H and O–H groups in total. The molecule has 1 aliphatic carbocycles. The standard InChI is InChI=1S/C18H27BrO/c1-5-17(2,3)15-9-7-14(8-10-15)16(19)13-18(20-4)11-6-12-18/h7-10,16H,5-6,11-13H2,1-4H3. The number of ether oxygens (including phenoxy) is 1. The van der Waals surface area contributed by atoms with E-state index in [4.69, 9.17) is 4.74 Å². The number of benzene rings is 1. The van der Waals surface area contributed by atoms with Crippen molar-refractivity contribution in [3.8, 4) is 0 Å². The van der Waals surface area contributed by atoms with Crippen LogP contribution in [0.2, 0.25) is 0 Å². The zero-order valence-corrected chi connectivity index (χ0v) is 14.8. The fourth-order valence-corrected chi connectivity index (χ4v) is 3.75. The Hall–Kier alpha value is -0.340. The molecule has 20 heavy (non-hydrogen) atoms. The monoisotopic (exact) mass is 338 g/mol. The van der Waals surface area contributed by atoms with E-state index in [1.54, 1.807) is 0 Å². The van der Waals surface area contributed by atoms with E-state index in [0.29, 0.717) is 4.83 Å². The second-order valence-electron chi connectivity index (χ2n) is 6.77. The number of hydrogen-bond acceptors (Lipinski definition) is 1. The van der Waals surface area contributed by atoms with Gasteiger partial charge in [-0.05, 0) is 48.6 Å². The van der Waals surface area contributed by atoms with Crippen LogP contribution in [-0.2, 0) is 10.2 Å². The number of halogens is 1.